The zero-order valence-electron chi connectivity index (χ0n) is 12.0. The lowest BCUT2D eigenvalue weighted by Crippen LogP contribution is -2.16. The van der Waals surface area contributed by atoms with Gasteiger partial charge in [-0.15, -0.1) is 0 Å². The Labute approximate surface area is 132 Å². The molecule has 2 aromatic rings. The van der Waals surface area contributed by atoms with E-state index >= 15 is 0 Å². The summed E-state index contributed by atoms with van der Waals surface area (Å²) >= 11 is 0. The van der Waals surface area contributed by atoms with Gasteiger partial charge in [-0.1, -0.05) is 18.2 Å². The van der Waals surface area contributed by atoms with Crippen LogP contribution in [-0.4, -0.2) is 5.91 Å². The van der Waals surface area contributed by atoms with Gasteiger partial charge in [0.25, 0.3) is 5.91 Å². The van der Waals surface area contributed by atoms with Crippen LogP contribution >= 0.6 is 0 Å². The molecule has 0 saturated heterocycles. The molecule has 4 nitrogen and oxygen atoms in total. The van der Waals surface area contributed by atoms with Crippen molar-refractivity contribution in [3.63, 3.8) is 0 Å². The Morgan fingerprint density at radius 1 is 1.13 bits per heavy atom. The molecule has 0 spiro atoms. The van der Waals surface area contributed by atoms with Crippen LogP contribution in [0.1, 0.15) is 5.56 Å². The van der Waals surface area contributed by atoms with Crippen molar-refractivity contribution in [1.29, 1.82) is 5.26 Å². The molecule has 0 aliphatic heterocycles. The molecule has 2 aromatic carbocycles. The lowest BCUT2D eigenvalue weighted by Gasteiger charge is -2.06. The van der Waals surface area contributed by atoms with Crippen molar-refractivity contribution in [3.8, 4) is 6.07 Å². The van der Waals surface area contributed by atoms with Crippen molar-refractivity contribution in [3.05, 3.63) is 77.5 Å². The van der Waals surface area contributed by atoms with Crippen molar-refractivity contribution < 1.29 is 13.6 Å². The lowest BCUT2D eigenvalue weighted by atomic mass is 10.2. The third-order valence-electron chi connectivity index (χ3n) is 2.96. The molecule has 0 radical (unpaired) electrons. The number of halogens is 2. The number of nitriles is 1. The smallest absolute Gasteiger partial charge is 0.267 e. The predicted molar refractivity (Wildman–Crippen MR) is 82.0 cm³/mol. The van der Waals surface area contributed by atoms with Crippen LogP contribution in [0.4, 0.5) is 14.5 Å². The van der Waals surface area contributed by atoms with Gasteiger partial charge in [-0.2, -0.15) is 5.26 Å². The molecule has 0 aromatic heterocycles. The molecule has 0 heterocycles. The summed E-state index contributed by atoms with van der Waals surface area (Å²) < 4.78 is 26.2. The average Bonchev–Trinajstić information content (AvgIpc) is 2.55. The number of nitrogens with zero attached hydrogens (tertiary/aromatic N) is 1. The molecule has 0 atom stereocenters. The maximum Gasteiger partial charge on any atom is 0.267 e. The highest BCUT2D eigenvalue weighted by Gasteiger charge is 2.09. The number of anilines is 1. The number of nitrogens with one attached hydrogen (secondary N) is 2. The summed E-state index contributed by atoms with van der Waals surface area (Å²) in [5.41, 5.74) is 0.609. The van der Waals surface area contributed by atoms with Gasteiger partial charge in [0.2, 0.25) is 0 Å². The molecule has 0 fully saturated rings. The maximum absolute atomic E-state index is 13.4. The summed E-state index contributed by atoms with van der Waals surface area (Å²) in [7, 11) is 0. The molecular formula is C17H13F2N3O. The van der Waals surface area contributed by atoms with Crippen molar-refractivity contribution in [2.45, 2.75) is 6.54 Å². The van der Waals surface area contributed by atoms with Gasteiger partial charge >= 0.3 is 0 Å². The third-order valence-corrected chi connectivity index (χ3v) is 2.96. The molecule has 6 heteroatoms. The fourth-order valence-electron chi connectivity index (χ4n) is 1.79. The number of hydrogen-bond donors (Lipinski definition) is 2. The number of hydrogen-bond acceptors (Lipinski definition) is 3. The van der Waals surface area contributed by atoms with Crippen LogP contribution in [0.3, 0.4) is 0 Å². The molecule has 1 amide bonds. The summed E-state index contributed by atoms with van der Waals surface area (Å²) in [6, 6.07) is 13.1. The molecule has 23 heavy (non-hydrogen) atoms. The fraction of sp³-hybridized carbons (Fsp3) is 0.0588. The zero-order valence-corrected chi connectivity index (χ0v) is 12.0. The van der Waals surface area contributed by atoms with Gasteiger partial charge < -0.3 is 10.6 Å². The highest BCUT2D eigenvalue weighted by Crippen LogP contribution is 2.10. The van der Waals surface area contributed by atoms with E-state index in [1.54, 1.807) is 24.3 Å². The highest BCUT2D eigenvalue weighted by molar-refractivity contribution is 6.06. The second kappa shape index (κ2) is 7.71. The predicted octanol–water partition coefficient (Wildman–Crippen LogP) is 3.10. The summed E-state index contributed by atoms with van der Waals surface area (Å²) in [5, 5.41) is 14.2. The van der Waals surface area contributed by atoms with E-state index in [-0.39, 0.29) is 17.9 Å². The molecular weight excluding hydrogens is 300 g/mol. The van der Waals surface area contributed by atoms with E-state index in [2.05, 4.69) is 10.6 Å². The third kappa shape index (κ3) is 4.64. The summed E-state index contributed by atoms with van der Waals surface area (Å²) in [6.07, 6.45) is 1.21. The monoisotopic (exact) mass is 313 g/mol. The first-order chi connectivity index (χ1) is 11.1. The Hall–Kier alpha value is -3.20. The molecule has 0 bridgehead atoms. The lowest BCUT2D eigenvalue weighted by molar-refractivity contribution is -0.112. The maximum atomic E-state index is 13.4. The molecule has 0 unspecified atom stereocenters. The van der Waals surface area contributed by atoms with Gasteiger partial charge in [0.05, 0.1) is 0 Å². The Morgan fingerprint density at radius 2 is 1.83 bits per heavy atom. The number of carbonyl (C=O) groups excluding carboxylic acids is 1. The SMILES string of the molecule is N#C/C(=C/NCc1ccccc1F)C(=O)Nc1ccc(F)cc1. The molecule has 0 saturated carbocycles. The second-order valence-electron chi connectivity index (χ2n) is 4.60. The first kappa shape index (κ1) is 16.2. The Kier molecular flexibility index (Phi) is 5.42. The first-order valence-electron chi connectivity index (χ1n) is 6.74. The van der Waals surface area contributed by atoms with Crippen LogP contribution in [0.5, 0.6) is 0 Å². The largest absolute Gasteiger partial charge is 0.385 e. The van der Waals surface area contributed by atoms with E-state index in [9.17, 15) is 13.6 Å². The van der Waals surface area contributed by atoms with Gasteiger partial charge in [0.15, 0.2) is 0 Å². The minimum atomic E-state index is -0.639. The van der Waals surface area contributed by atoms with E-state index in [1.807, 2.05) is 0 Å². The van der Waals surface area contributed by atoms with Gasteiger partial charge in [-0.3, -0.25) is 4.79 Å². The average molecular weight is 313 g/mol. The van der Waals surface area contributed by atoms with Gasteiger partial charge in [0.1, 0.15) is 23.3 Å². The van der Waals surface area contributed by atoms with E-state index in [0.29, 0.717) is 11.3 Å². The molecule has 0 aliphatic carbocycles. The standard InChI is InChI=1S/C17H13F2N3O/c18-14-5-7-15(8-6-14)22-17(23)13(9-20)11-21-10-12-3-1-2-4-16(12)19/h1-8,11,21H,10H2,(H,22,23)/b13-11-. The van der Waals surface area contributed by atoms with E-state index in [4.69, 9.17) is 5.26 Å². The van der Waals surface area contributed by atoms with Crippen LogP contribution in [0, 0.1) is 23.0 Å². The number of carbonyl (C=O) groups is 1. The van der Waals surface area contributed by atoms with E-state index < -0.39 is 11.7 Å². The Balaban J connectivity index is 1.98. The number of amides is 1. The zero-order chi connectivity index (χ0) is 16.7. The van der Waals surface area contributed by atoms with Crippen molar-refractivity contribution in [2.75, 3.05) is 5.32 Å². The van der Waals surface area contributed by atoms with Gasteiger partial charge in [-0.05, 0) is 30.3 Å². The minimum Gasteiger partial charge on any atom is -0.385 e. The second-order valence-corrected chi connectivity index (χ2v) is 4.60. The molecule has 2 rings (SSSR count). The number of benzene rings is 2. The van der Waals surface area contributed by atoms with Crippen molar-refractivity contribution >= 4 is 11.6 Å². The van der Waals surface area contributed by atoms with Gasteiger partial charge in [0, 0.05) is 24.0 Å². The fourth-order valence-corrected chi connectivity index (χ4v) is 1.79. The molecule has 116 valence electrons. The van der Waals surface area contributed by atoms with Crippen molar-refractivity contribution in [1.82, 2.24) is 5.32 Å². The first-order valence-corrected chi connectivity index (χ1v) is 6.74. The quantitative estimate of drug-likeness (QED) is 0.658. The molecule has 2 N–H and O–H groups in total. The van der Waals surface area contributed by atoms with Crippen molar-refractivity contribution in [2.24, 2.45) is 0 Å². The summed E-state index contributed by atoms with van der Waals surface area (Å²) in [4.78, 5) is 11.9. The van der Waals surface area contributed by atoms with Crippen LogP contribution in [0.25, 0.3) is 0 Å². The minimum absolute atomic E-state index is 0.141. The summed E-state index contributed by atoms with van der Waals surface area (Å²) in [5.74, 6) is -1.44. The van der Waals surface area contributed by atoms with E-state index in [0.717, 1.165) is 0 Å². The van der Waals surface area contributed by atoms with Gasteiger partial charge in [-0.25, -0.2) is 8.78 Å². The Bertz CT molecular complexity index is 764. The summed E-state index contributed by atoms with van der Waals surface area (Å²) in [6.45, 7) is 0.141. The topological polar surface area (TPSA) is 64.9 Å². The van der Waals surface area contributed by atoms with Crippen LogP contribution in [-0.2, 0) is 11.3 Å². The normalized spacial score (nSPS) is 10.7. The van der Waals surface area contributed by atoms with E-state index in [1.165, 1.54) is 36.5 Å². The Morgan fingerprint density at radius 3 is 2.48 bits per heavy atom. The molecule has 0 aliphatic rings. The van der Waals surface area contributed by atoms with Crippen LogP contribution in [0.15, 0.2) is 60.3 Å². The number of rotatable bonds is 5. The van der Waals surface area contributed by atoms with Crippen LogP contribution < -0.4 is 10.6 Å². The van der Waals surface area contributed by atoms with Crippen LogP contribution in [0.2, 0.25) is 0 Å². The highest BCUT2D eigenvalue weighted by atomic mass is 19.1.